The predicted octanol–water partition coefficient (Wildman–Crippen LogP) is 6.46. The number of benzene rings is 3. The van der Waals surface area contributed by atoms with E-state index in [1.807, 2.05) is 60.7 Å². The highest BCUT2D eigenvalue weighted by Crippen LogP contribution is 2.59. The number of ether oxygens (including phenoxy) is 1. The number of fused-ring (bicyclic) bond motifs is 8. The lowest BCUT2D eigenvalue weighted by Gasteiger charge is -2.46. The van der Waals surface area contributed by atoms with Crippen molar-refractivity contribution in [2.24, 2.45) is 5.41 Å². The average molecular weight is 682 g/mol. The quantitative estimate of drug-likeness (QED) is 0.144. The molecule has 0 spiro atoms. The van der Waals surface area contributed by atoms with Crippen molar-refractivity contribution in [3.63, 3.8) is 0 Å². The van der Waals surface area contributed by atoms with Gasteiger partial charge in [0.05, 0.1) is 30.5 Å². The van der Waals surface area contributed by atoms with Crippen molar-refractivity contribution in [2.75, 3.05) is 32.8 Å². The average Bonchev–Trinajstić information content (AvgIpc) is 3.72. The lowest BCUT2D eigenvalue weighted by atomic mass is 9.64. The van der Waals surface area contributed by atoms with Crippen LogP contribution in [0.15, 0.2) is 84.4 Å². The Labute approximate surface area is 297 Å². The van der Waals surface area contributed by atoms with E-state index in [1.54, 1.807) is 0 Å². The van der Waals surface area contributed by atoms with Crippen molar-refractivity contribution in [3.05, 3.63) is 107 Å². The zero-order valence-electron chi connectivity index (χ0n) is 29.8. The zero-order chi connectivity index (χ0) is 35.3. The van der Waals surface area contributed by atoms with Gasteiger partial charge in [-0.15, -0.1) is 0 Å². The Hall–Kier alpha value is -3.17. The molecule has 2 bridgehead atoms. The lowest BCUT2D eigenvalue weighted by molar-refractivity contribution is -0.0945. The van der Waals surface area contributed by atoms with E-state index in [2.05, 4.69) is 37.0 Å². The topological polar surface area (TPSA) is 110 Å². The van der Waals surface area contributed by atoms with Crippen LogP contribution >= 0.6 is 0 Å². The molecule has 1 aliphatic heterocycles. The number of aliphatic hydroxyl groups excluding tert-OH is 3. The summed E-state index contributed by atoms with van der Waals surface area (Å²) >= 11 is 0. The molecule has 50 heavy (non-hydrogen) atoms. The van der Waals surface area contributed by atoms with E-state index in [0.717, 1.165) is 47.9 Å². The number of ketones is 1. The molecular formula is C43H55NO6. The molecule has 1 saturated heterocycles. The van der Waals surface area contributed by atoms with Gasteiger partial charge in [-0.1, -0.05) is 85.3 Å². The van der Waals surface area contributed by atoms with Gasteiger partial charge in [-0.2, -0.15) is 0 Å². The Morgan fingerprint density at radius 3 is 2.54 bits per heavy atom. The molecule has 0 amide bonds. The van der Waals surface area contributed by atoms with Gasteiger partial charge in [0.25, 0.3) is 0 Å². The molecule has 7 heteroatoms. The van der Waals surface area contributed by atoms with Gasteiger partial charge >= 0.3 is 0 Å². The summed E-state index contributed by atoms with van der Waals surface area (Å²) in [4.78, 5) is 17.0. The molecule has 7 rings (SSSR count). The molecule has 0 aromatic heterocycles. The summed E-state index contributed by atoms with van der Waals surface area (Å²) in [5, 5.41) is 44.3. The van der Waals surface area contributed by atoms with Crippen LogP contribution in [0.4, 0.5) is 0 Å². The molecule has 0 unspecified atom stereocenters. The summed E-state index contributed by atoms with van der Waals surface area (Å²) in [6.45, 7) is 5.84. The summed E-state index contributed by atoms with van der Waals surface area (Å²) < 4.78 is 5.97. The summed E-state index contributed by atoms with van der Waals surface area (Å²) in [7, 11) is 0. The molecule has 4 aliphatic rings. The number of allylic oxidation sites excluding steroid dienone is 2. The highest BCUT2D eigenvalue weighted by molar-refractivity contribution is 6.13. The van der Waals surface area contributed by atoms with Crippen molar-refractivity contribution in [1.82, 2.24) is 4.90 Å². The van der Waals surface area contributed by atoms with Crippen molar-refractivity contribution >= 4 is 5.78 Å². The third-order valence-corrected chi connectivity index (χ3v) is 11.8. The minimum absolute atomic E-state index is 0.0286. The van der Waals surface area contributed by atoms with Crippen LogP contribution in [0.2, 0.25) is 0 Å². The third-order valence-electron chi connectivity index (χ3n) is 11.8. The first kappa shape index (κ1) is 36.6. The maximum atomic E-state index is 14.9. The van der Waals surface area contributed by atoms with E-state index in [1.165, 1.54) is 5.57 Å². The normalized spacial score (nSPS) is 27.9. The molecule has 1 heterocycles. The van der Waals surface area contributed by atoms with Crippen LogP contribution in [-0.2, 0) is 11.2 Å². The van der Waals surface area contributed by atoms with Crippen LogP contribution in [0.1, 0.15) is 98.2 Å². The summed E-state index contributed by atoms with van der Waals surface area (Å²) in [6, 6.07) is 23.9. The van der Waals surface area contributed by atoms with Crippen LogP contribution in [0.25, 0.3) is 11.1 Å². The first-order valence-corrected chi connectivity index (χ1v) is 18.6. The van der Waals surface area contributed by atoms with Crippen molar-refractivity contribution < 1.29 is 30.0 Å². The molecule has 3 aliphatic carbocycles. The maximum absolute atomic E-state index is 14.9. The van der Waals surface area contributed by atoms with Gasteiger partial charge in [0.1, 0.15) is 0 Å². The third kappa shape index (κ3) is 7.99. The monoisotopic (exact) mass is 681 g/mol. The van der Waals surface area contributed by atoms with Gasteiger partial charge in [0.15, 0.2) is 5.78 Å². The number of aliphatic hydroxyl groups is 4. The maximum Gasteiger partial charge on any atom is 0.193 e. The second kappa shape index (κ2) is 16.0. The summed E-state index contributed by atoms with van der Waals surface area (Å²) in [6.07, 6.45) is 7.38. The Kier molecular flexibility index (Phi) is 11.7. The van der Waals surface area contributed by atoms with E-state index in [9.17, 15) is 25.2 Å². The van der Waals surface area contributed by atoms with Crippen molar-refractivity contribution in [3.8, 4) is 11.1 Å². The van der Waals surface area contributed by atoms with Gasteiger partial charge in [0, 0.05) is 42.8 Å². The van der Waals surface area contributed by atoms with Gasteiger partial charge in [0.2, 0.25) is 0 Å². The first-order chi connectivity index (χ1) is 24.1. The van der Waals surface area contributed by atoms with Crippen molar-refractivity contribution in [1.29, 1.82) is 0 Å². The van der Waals surface area contributed by atoms with Gasteiger partial charge in [-0.25, -0.2) is 0 Å². The van der Waals surface area contributed by atoms with Crippen LogP contribution in [0.3, 0.4) is 0 Å². The molecule has 2 fully saturated rings. The van der Waals surface area contributed by atoms with Crippen LogP contribution in [0, 0.1) is 5.41 Å². The standard InChI is InChI=1S/C43H55NO6/c1-30-10-8-21-42(2)40(20-22-43(42,49)29-44(26-34(47)28-45)27-35-13-9-23-50-35)37-19-17-31(24-33(46)18-16-30)25-39(37)41(48)38-15-7-6-14-36(38)32-11-4-3-5-12-32/h3-7,10-12,14-15,17,19,25,33-35,40,45-47,49H,8-9,13,16,18,20-24,26-29H2,1-2H3/t33-,34-,35+,40-,42-,43+/m0/s1. The lowest BCUT2D eigenvalue weighted by Crippen LogP contribution is -2.55. The van der Waals surface area contributed by atoms with Crippen LogP contribution in [0.5, 0.6) is 0 Å². The first-order valence-electron chi connectivity index (χ1n) is 18.6. The molecule has 3 aromatic carbocycles. The van der Waals surface area contributed by atoms with E-state index in [-0.39, 0.29) is 31.0 Å². The minimum Gasteiger partial charge on any atom is -0.394 e. The second-order valence-corrected chi connectivity index (χ2v) is 15.4. The molecule has 6 atom stereocenters. The van der Waals surface area contributed by atoms with E-state index in [0.29, 0.717) is 62.9 Å². The minimum atomic E-state index is -1.12. The Bertz CT molecular complexity index is 1630. The Balaban J connectivity index is 1.43. The predicted molar refractivity (Wildman–Crippen MR) is 197 cm³/mol. The number of hydrogen-bond acceptors (Lipinski definition) is 7. The number of carbonyl (C=O) groups is 1. The molecule has 268 valence electrons. The highest BCUT2D eigenvalue weighted by atomic mass is 16.5. The molecule has 1 saturated carbocycles. The van der Waals surface area contributed by atoms with E-state index >= 15 is 0 Å². The molecule has 3 aromatic rings. The largest absolute Gasteiger partial charge is 0.394 e. The molecule has 4 N–H and O–H groups in total. The molecule has 0 radical (unpaired) electrons. The number of hydrogen-bond donors (Lipinski definition) is 4. The summed E-state index contributed by atoms with van der Waals surface area (Å²) in [5.41, 5.74) is 4.49. The fourth-order valence-corrected chi connectivity index (χ4v) is 8.90. The van der Waals surface area contributed by atoms with Crippen LogP contribution < -0.4 is 0 Å². The fraction of sp³-hybridized carbons (Fsp3) is 0.512. The van der Waals surface area contributed by atoms with Crippen LogP contribution in [-0.4, -0.2) is 87.9 Å². The molecular weight excluding hydrogens is 626 g/mol. The van der Waals surface area contributed by atoms with Gasteiger partial charge < -0.3 is 25.2 Å². The second-order valence-electron chi connectivity index (χ2n) is 15.4. The van der Waals surface area contributed by atoms with Gasteiger partial charge in [-0.3, -0.25) is 9.69 Å². The van der Waals surface area contributed by atoms with E-state index < -0.39 is 23.2 Å². The highest BCUT2D eigenvalue weighted by Gasteiger charge is 2.57. The Morgan fingerprint density at radius 2 is 1.78 bits per heavy atom. The fourth-order valence-electron chi connectivity index (χ4n) is 8.90. The van der Waals surface area contributed by atoms with E-state index in [4.69, 9.17) is 4.74 Å². The van der Waals surface area contributed by atoms with Crippen molar-refractivity contribution in [2.45, 2.75) is 101 Å². The SMILES string of the molecule is CC1=CCC[C@@]2(C)[C@@H](CC[C@@]2(O)CN(C[C@H](O)CO)C[C@H]2CCCO2)c2ccc(cc2C(=O)c2ccccc2-c2ccccc2)C[C@@H](O)CC1. The smallest absolute Gasteiger partial charge is 0.193 e. The summed E-state index contributed by atoms with van der Waals surface area (Å²) in [5.74, 6) is -0.166. The number of rotatable bonds is 10. The number of nitrogens with zero attached hydrogens (tertiary/aromatic N) is 1. The number of carbonyl (C=O) groups excluding carboxylic acids is 1. The Morgan fingerprint density at radius 1 is 1.00 bits per heavy atom. The molecule has 7 nitrogen and oxygen atoms in total. The van der Waals surface area contributed by atoms with Gasteiger partial charge in [-0.05, 0) is 98.9 Å². The zero-order valence-corrected chi connectivity index (χ0v) is 29.8.